The Bertz CT molecular complexity index is 1170. The molecule has 0 aliphatic carbocycles. The van der Waals surface area contributed by atoms with Crippen LogP contribution in [0.3, 0.4) is 0 Å². The quantitative estimate of drug-likeness (QED) is 0.410. The van der Waals surface area contributed by atoms with Crippen molar-refractivity contribution in [1.29, 1.82) is 0 Å². The SMILES string of the molecule is CCc1c(C)nc2ncnn2c1Sc1ccc(NC(=O)c2ccc(Br)cc2)cc1. The van der Waals surface area contributed by atoms with Gasteiger partial charge in [0, 0.05) is 31.9 Å². The number of fused-ring (bicyclic) bond motifs is 1. The van der Waals surface area contributed by atoms with Gasteiger partial charge in [0.05, 0.1) is 0 Å². The summed E-state index contributed by atoms with van der Waals surface area (Å²) in [6.07, 6.45) is 2.38. The van der Waals surface area contributed by atoms with Gasteiger partial charge in [-0.3, -0.25) is 4.79 Å². The number of carbonyl (C=O) groups is 1. The van der Waals surface area contributed by atoms with Crippen LogP contribution in [0.2, 0.25) is 0 Å². The molecule has 1 N–H and O–H groups in total. The van der Waals surface area contributed by atoms with Gasteiger partial charge in [-0.05, 0) is 61.9 Å². The van der Waals surface area contributed by atoms with Crippen molar-refractivity contribution in [3.63, 3.8) is 0 Å². The van der Waals surface area contributed by atoms with Crippen molar-refractivity contribution in [2.45, 2.75) is 30.2 Å². The summed E-state index contributed by atoms with van der Waals surface area (Å²) >= 11 is 4.99. The predicted octanol–water partition coefficient (Wildman–Crippen LogP) is 5.16. The lowest BCUT2D eigenvalue weighted by Gasteiger charge is -2.12. The number of nitrogens with one attached hydrogen (secondary N) is 1. The van der Waals surface area contributed by atoms with Gasteiger partial charge >= 0.3 is 0 Å². The summed E-state index contributed by atoms with van der Waals surface area (Å²) in [7, 11) is 0. The van der Waals surface area contributed by atoms with E-state index in [1.165, 1.54) is 6.33 Å². The maximum atomic E-state index is 12.4. The van der Waals surface area contributed by atoms with Crippen molar-refractivity contribution in [3.8, 4) is 0 Å². The van der Waals surface area contributed by atoms with Gasteiger partial charge in [0.1, 0.15) is 11.4 Å². The number of aromatic nitrogens is 4. The number of aryl methyl sites for hydroxylation is 1. The highest BCUT2D eigenvalue weighted by atomic mass is 79.9. The van der Waals surface area contributed by atoms with E-state index in [1.807, 2.05) is 43.3 Å². The number of benzene rings is 2. The number of rotatable bonds is 5. The molecule has 0 atom stereocenters. The number of nitrogens with zero attached hydrogens (tertiary/aromatic N) is 4. The van der Waals surface area contributed by atoms with Gasteiger partial charge in [-0.25, -0.2) is 4.98 Å². The Labute approximate surface area is 180 Å². The lowest BCUT2D eigenvalue weighted by molar-refractivity contribution is 0.102. The lowest BCUT2D eigenvalue weighted by atomic mass is 10.2. The first-order chi connectivity index (χ1) is 14.0. The van der Waals surface area contributed by atoms with Gasteiger partial charge in [-0.15, -0.1) is 0 Å². The van der Waals surface area contributed by atoms with Crippen molar-refractivity contribution in [1.82, 2.24) is 19.6 Å². The fourth-order valence-electron chi connectivity index (χ4n) is 2.99. The third kappa shape index (κ3) is 4.18. The van der Waals surface area contributed by atoms with Crippen molar-refractivity contribution < 1.29 is 4.79 Å². The van der Waals surface area contributed by atoms with E-state index >= 15 is 0 Å². The first-order valence-electron chi connectivity index (χ1n) is 9.09. The van der Waals surface area contributed by atoms with E-state index in [-0.39, 0.29) is 5.91 Å². The van der Waals surface area contributed by atoms with Crippen molar-refractivity contribution in [3.05, 3.63) is 76.2 Å². The minimum atomic E-state index is -0.139. The molecule has 146 valence electrons. The van der Waals surface area contributed by atoms with Crippen molar-refractivity contribution in [2.24, 2.45) is 0 Å². The summed E-state index contributed by atoms with van der Waals surface area (Å²) < 4.78 is 2.72. The molecule has 29 heavy (non-hydrogen) atoms. The zero-order valence-electron chi connectivity index (χ0n) is 15.9. The van der Waals surface area contributed by atoms with Gasteiger partial charge in [0.2, 0.25) is 0 Å². The Balaban J connectivity index is 1.55. The van der Waals surface area contributed by atoms with Gasteiger partial charge in [-0.2, -0.15) is 14.6 Å². The molecular weight excluding hydrogens is 450 g/mol. The number of anilines is 1. The summed E-state index contributed by atoms with van der Waals surface area (Å²) in [5, 5.41) is 8.26. The molecular formula is C21H18BrN5OS. The second-order valence-corrected chi connectivity index (χ2v) is 8.37. The van der Waals surface area contributed by atoms with Crippen LogP contribution in [0.4, 0.5) is 5.69 Å². The van der Waals surface area contributed by atoms with Crippen molar-refractivity contribution in [2.75, 3.05) is 5.32 Å². The molecule has 0 radical (unpaired) electrons. The predicted molar refractivity (Wildman–Crippen MR) is 118 cm³/mol. The lowest BCUT2D eigenvalue weighted by Crippen LogP contribution is -2.11. The Hall–Kier alpha value is -2.71. The normalized spacial score (nSPS) is 11.0. The maximum Gasteiger partial charge on any atom is 0.255 e. The second kappa shape index (κ2) is 8.34. The number of halogens is 1. The Morgan fingerprint density at radius 2 is 1.86 bits per heavy atom. The molecule has 6 nitrogen and oxygen atoms in total. The van der Waals surface area contributed by atoms with E-state index in [0.29, 0.717) is 11.3 Å². The van der Waals surface area contributed by atoms with Crippen LogP contribution in [0, 0.1) is 6.92 Å². The summed E-state index contributed by atoms with van der Waals surface area (Å²) in [5.41, 5.74) is 3.48. The largest absolute Gasteiger partial charge is 0.322 e. The van der Waals surface area contributed by atoms with Crippen molar-refractivity contribution >= 4 is 45.1 Å². The van der Waals surface area contributed by atoms with E-state index in [2.05, 4.69) is 43.2 Å². The number of hydrogen-bond acceptors (Lipinski definition) is 5. The summed E-state index contributed by atoms with van der Waals surface area (Å²) in [6, 6.07) is 15.0. The van der Waals surface area contributed by atoms with E-state index in [0.717, 1.165) is 37.8 Å². The summed E-state index contributed by atoms with van der Waals surface area (Å²) in [6.45, 7) is 4.11. The van der Waals surface area contributed by atoms with Crippen LogP contribution in [0.25, 0.3) is 5.78 Å². The molecule has 0 fully saturated rings. The molecule has 1 amide bonds. The summed E-state index contributed by atoms with van der Waals surface area (Å²) in [5.74, 6) is 0.459. The molecule has 0 bridgehead atoms. The molecule has 4 aromatic rings. The standard InChI is InChI=1S/C21H18BrN5OS/c1-3-18-13(2)25-21-23-12-24-27(21)20(18)29-17-10-8-16(9-11-17)26-19(28)14-4-6-15(22)7-5-14/h4-12H,3H2,1-2H3,(H,26,28). The van der Waals surface area contributed by atoms with Crippen LogP contribution in [-0.4, -0.2) is 25.5 Å². The zero-order valence-corrected chi connectivity index (χ0v) is 18.3. The molecule has 8 heteroatoms. The molecule has 2 aromatic carbocycles. The van der Waals surface area contributed by atoms with E-state index < -0.39 is 0 Å². The van der Waals surface area contributed by atoms with E-state index in [1.54, 1.807) is 28.4 Å². The van der Waals surface area contributed by atoms with Crippen LogP contribution in [0.1, 0.15) is 28.5 Å². The fraction of sp³-hybridized carbons (Fsp3) is 0.143. The molecule has 0 saturated carbocycles. The minimum absolute atomic E-state index is 0.139. The van der Waals surface area contributed by atoms with Gasteiger partial charge in [-0.1, -0.05) is 34.6 Å². The van der Waals surface area contributed by atoms with Crippen LogP contribution in [0.5, 0.6) is 0 Å². The van der Waals surface area contributed by atoms with Gasteiger partial charge in [0.15, 0.2) is 0 Å². The fourth-order valence-corrected chi connectivity index (χ4v) is 4.38. The highest BCUT2D eigenvalue weighted by Gasteiger charge is 2.14. The third-order valence-corrected chi connectivity index (χ3v) is 6.12. The van der Waals surface area contributed by atoms with Crippen LogP contribution in [-0.2, 0) is 6.42 Å². The number of hydrogen-bond donors (Lipinski definition) is 1. The minimum Gasteiger partial charge on any atom is -0.322 e. The molecule has 0 spiro atoms. The molecule has 2 heterocycles. The van der Waals surface area contributed by atoms with Crippen LogP contribution >= 0.6 is 27.7 Å². The average molecular weight is 468 g/mol. The van der Waals surface area contributed by atoms with Crippen LogP contribution in [0.15, 0.2) is 69.3 Å². The average Bonchev–Trinajstić information content (AvgIpc) is 3.18. The highest BCUT2D eigenvalue weighted by Crippen LogP contribution is 2.32. The molecule has 4 rings (SSSR count). The smallest absolute Gasteiger partial charge is 0.255 e. The number of amides is 1. The molecule has 0 unspecified atom stereocenters. The Morgan fingerprint density at radius 1 is 1.14 bits per heavy atom. The monoisotopic (exact) mass is 467 g/mol. The third-order valence-electron chi connectivity index (χ3n) is 4.47. The molecule has 0 aliphatic rings. The van der Waals surface area contributed by atoms with Crippen LogP contribution < -0.4 is 5.32 Å². The molecule has 2 aromatic heterocycles. The topological polar surface area (TPSA) is 72.2 Å². The zero-order chi connectivity index (χ0) is 20.4. The van der Waals surface area contributed by atoms with Gasteiger partial charge < -0.3 is 5.32 Å². The molecule has 0 saturated heterocycles. The molecule has 0 aliphatic heterocycles. The highest BCUT2D eigenvalue weighted by molar-refractivity contribution is 9.10. The Kier molecular flexibility index (Phi) is 5.64. The van der Waals surface area contributed by atoms with Gasteiger partial charge in [0.25, 0.3) is 11.7 Å². The Morgan fingerprint density at radius 3 is 2.55 bits per heavy atom. The first-order valence-corrected chi connectivity index (χ1v) is 10.7. The van der Waals surface area contributed by atoms with E-state index in [9.17, 15) is 4.79 Å². The summed E-state index contributed by atoms with van der Waals surface area (Å²) in [4.78, 5) is 22.2. The number of carbonyl (C=O) groups excluding carboxylic acids is 1. The maximum absolute atomic E-state index is 12.4. The van der Waals surface area contributed by atoms with E-state index in [4.69, 9.17) is 0 Å². The first kappa shape index (κ1) is 19.6. The second-order valence-electron chi connectivity index (χ2n) is 6.39.